The van der Waals surface area contributed by atoms with E-state index in [1.54, 1.807) is 6.20 Å². The summed E-state index contributed by atoms with van der Waals surface area (Å²) in [7, 11) is 2.17. The fraction of sp³-hybridized carbons (Fsp3) is 0.474. The second kappa shape index (κ2) is 7.68. The zero-order valence-electron chi connectivity index (χ0n) is 15.2. The van der Waals surface area contributed by atoms with Gasteiger partial charge in [-0.05, 0) is 44.2 Å². The Hall–Kier alpha value is -2.05. The number of likely N-dealkylation sites (N-methyl/N-ethyl adjacent to an activating group) is 1. The van der Waals surface area contributed by atoms with E-state index in [-0.39, 0.29) is 0 Å². The highest BCUT2D eigenvalue weighted by atomic mass is 35.5. The Balaban J connectivity index is 1.45. The van der Waals surface area contributed by atoms with Crippen molar-refractivity contribution < 1.29 is 0 Å². The Bertz CT molecular complexity index is 736. The molecule has 0 aliphatic carbocycles. The van der Waals surface area contributed by atoms with Gasteiger partial charge in [0, 0.05) is 50.6 Å². The highest BCUT2D eigenvalue weighted by Crippen LogP contribution is 2.28. The molecule has 1 N–H and O–H groups in total. The van der Waals surface area contributed by atoms with E-state index < -0.39 is 0 Å². The first-order valence-corrected chi connectivity index (χ1v) is 9.65. The Kier molecular flexibility index (Phi) is 5.13. The van der Waals surface area contributed by atoms with Gasteiger partial charge in [0.1, 0.15) is 5.02 Å². The number of rotatable bonds is 4. The molecule has 0 spiro atoms. The van der Waals surface area contributed by atoms with Crippen LogP contribution in [0.1, 0.15) is 12.8 Å². The molecule has 2 aliphatic heterocycles. The van der Waals surface area contributed by atoms with E-state index in [9.17, 15) is 0 Å². The summed E-state index contributed by atoms with van der Waals surface area (Å²) >= 11 is 6.29. The quantitative estimate of drug-likeness (QED) is 0.889. The van der Waals surface area contributed by atoms with Crippen LogP contribution >= 0.6 is 11.6 Å². The van der Waals surface area contributed by atoms with Crippen LogP contribution in [0, 0.1) is 0 Å². The van der Waals surface area contributed by atoms with Crippen LogP contribution in [0.15, 0.2) is 30.5 Å². The molecule has 1 aromatic heterocycles. The minimum atomic E-state index is 0.587. The van der Waals surface area contributed by atoms with Gasteiger partial charge in [0.25, 0.3) is 0 Å². The summed E-state index contributed by atoms with van der Waals surface area (Å²) in [6.07, 6.45) is 4.07. The van der Waals surface area contributed by atoms with Crippen molar-refractivity contribution in [1.82, 2.24) is 14.9 Å². The molecule has 0 saturated carbocycles. The minimum absolute atomic E-state index is 0.587. The molecule has 7 heteroatoms. The van der Waals surface area contributed by atoms with Crippen molar-refractivity contribution in [2.45, 2.75) is 12.8 Å². The molecular formula is C19H25ClN6. The number of halogens is 1. The van der Waals surface area contributed by atoms with Gasteiger partial charge < -0.3 is 20.0 Å². The van der Waals surface area contributed by atoms with Crippen molar-refractivity contribution in [3.63, 3.8) is 0 Å². The molecular weight excluding hydrogens is 348 g/mol. The molecule has 1 aromatic carbocycles. The summed E-state index contributed by atoms with van der Waals surface area (Å²) in [5.74, 6) is 1.42. The lowest BCUT2D eigenvalue weighted by molar-refractivity contribution is 0.313. The average molecular weight is 373 g/mol. The first-order valence-electron chi connectivity index (χ1n) is 9.27. The van der Waals surface area contributed by atoms with Crippen molar-refractivity contribution in [1.29, 1.82) is 0 Å². The molecule has 2 fully saturated rings. The number of hydrogen-bond acceptors (Lipinski definition) is 6. The fourth-order valence-electron chi connectivity index (χ4n) is 3.52. The molecule has 0 amide bonds. The Morgan fingerprint density at radius 2 is 1.62 bits per heavy atom. The number of anilines is 4. The van der Waals surface area contributed by atoms with Crippen molar-refractivity contribution in [2.75, 3.05) is 61.4 Å². The lowest BCUT2D eigenvalue weighted by Gasteiger charge is -2.34. The predicted octanol–water partition coefficient (Wildman–Crippen LogP) is 3.23. The van der Waals surface area contributed by atoms with Gasteiger partial charge in [0.05, 0.1) is 6.20 Å². The summed E-state index contributed by atoms with van der Waals surface area (Å²) in [5, 5.41) is 3.91. The van der Waals surface area contributed by atoms with Crippen molar-refractivity contribution in [3.8, 4) is 0 Å². The van der Waals surface area contributed by atoms with E-state index in [2.05, 4.69) is 61.3 Å². The molecule has 2 aromatic rings. The standard InChI is InChI=1S/C19H25ClN6/c1-24-10-12-25(13-11-24)16-6-4-15(5-7-16)22-19-21-14-17(20)18(23-19)26-8-2-3-9-26/h4-7,14H,2-3,8-13H2,1H3,(H,21,22,23). The van der Waals surface area contributed by atoms with Crippen molar-refractivity contribution in [2.24, 2.45) is 0 Å². The maximum atomic E-state index is 6.29. The van der Waals surface area contributed by atoms with Crippen LogP contribution in [0.2, 0.25) is 5.02 Å². The molecule has 26 heavy (non-hydrogen) atoms. The lowest BCUT2D eigenvalue weighted by atomic mass is 10.2. The maximum absolute atomic E-state index is 6.29. The van der Waals surface area contributed by atoms with Crippen LogP contribution < -0.4 is 15.1 Å². The van der Waals surface area contributed by atoms with Gasteiger partial charge in [0.15, 0.2) is 5.82 Å². The van der Waals surface area contributed by atoms with Crippen LogP contribution in [-0.4, -0.2) is 61.2 Å². The van der Waals surface area contributed by atoms with Gasteiger partial charge in [-0.2, -0.15) is 4.98 Å². The average Bonchev–Trinajstić information content (AvgIpc) is 3.19. The van der Waals surface area contributed by atoms with Gasteiger partial charge in [-0.25, -0.2) is 4.98 Å². The topological polar surface area (TPSA) is 47.5 Å². The lowest BCUT2D eigenvalue weighted by Crippen LogP contribution is -2.44. The monoisotopic (exact) mass is 372 g/mol. The van der Waals surface area contributed by atoms with Crippen molar-refractivity contribution >= 4 is 34.7 Å². The summed E-state index contributed by atoms with van der Waals surface area (Å²) in [6, 6.07) is 8.48. The second-order valence-corrected chi connectivity index (χ2v) is 7.43. The summed E-state index contributed by atoms with van der Waals surface area (Å²) in [4.78, 5) is 16.0. The van der Waals surface area contributed by atoms with Crippen molar-refractivity contribution in [3.05, 3.63) is 35.5 Å². The SMILES string of the molecule is CN1CCN(c2ccc(Nc3ncc(Cl)c(N4CCCC4)n3)cc2)CC1. The molecule has 2 saturated heterocycles. The smallest absolute Gasteiger partial charge is 0.229 e. The number of piperazine rings is 1. The zero-order valence-corrected chi connectivity index (χ0v) is 15.9. The van der Waals surface area contributed by atoms with E-state index in [0.717, 1.165) is 50.8 Å². The molecule has 0 atom stereocenters. The van der Waals surface area contributed by atoms with Gasteiger partial charge in [0.2, 0.25) is 5.95 Å². The summed E-state index contributed by atoms with van der Waals surface area (Å²) in [5.41, 5.74) is 2.25. The third-order valence-electron chi connectivity index (χ3n) is 5.12. The zero-order chi connectivity index (χ0) is 17.9. The van der Waals surface area contributed by atoms with Crippen LogP contribution in [0.5, 0.6) is 0 Å². The normalized spacial score (nSPS) is 18.4. The Labute approximate surface area is 159 Å². The number of benzene rings is 1. The summed E-state index contributed by atoms with van der Waals surface area (Å²) < 4.78 is 0. The first-order chi connectivity index (χ1) is 12.7. The third kappa shape index (κ3) is 3.86. The van der Waals surface area contributed by atoms with E-state index in [0.29, 0.717) is 11.0 Å². The second-order valence-electron chi connectivity index (χ2n) is 7.02. The molecule has 0 radical (unpaired) electrons. The van der Waals surface area contributed by atoms with Crippen LogP contribution in [0.3, 0.4) is 0 Å². The molecule has 3 heterocycles. The molecule has 138 valence electrons. The maximum Gasteiger partial charge on any atom is 0.229 e. The van der Waals surface area contributed by atoms with Gasteiger partial charge >= 0.3 is 0 Å². The molecule has 2 aliphatic rings. The van der Waals surface area contributed by atoms with Crippen LogP contribution in [0.25, 0.3) is 0 Å². The molecule has 4 rings (SSSR count). The number of nitrogens with one attached hydrogen (secondary N) is 1. The molecule has 6 nitrogen and oxygen atoms in total. The number of aromatic nitrogens is 2. The summed E-state index contributed by atoms with van der Waals surface area (Å²) in [6.45, 7) is 6.38. The first kappa shape index (κ1) is 17.4. The molecule has 0 unspecified atom stereocenters. The minimum Gasteiger partial charge on any atom is -0.369 e. The largest absolute Gasteiger partial charge is 0.369 e. The highest BCUT2D eigenvalue weighted by Gasteiger charge is 2.18. The predicted molar refractivity (Wildman–Crippen MR) is 108 cm³/mol. The van der Waals surface area contributed by atoms with Gasteiger partial charge in [-0.3, -0.25) is 0 Å². The number of nitrogens with zero attached hydrogens (tertiary/aromatic N) is 5. The fourth-order valence-corrected chi connectivity index (χ4v) is 3.73. The Morgan fingerprint density at radius 1 is 0.923 bits per heavy atom. The Morgan fingerprint density at radius 3 is 2.31 bits per heavy atom. The van der Waals surface area contributed by atoms with E-state index >= 15 is 0 Å². The molecule has 0 bridgehead atoms. The highest BCUT2D eigenvalue weighted by molar-refractivity contribution is 6.32. The van der Waals surface area contributed by atoms with Crippen LogP contribution in [0.4, 0.5) is 23.1 Å². The number of hydrogen-bond donors (Lipinski definition) is 1. The van der Waals surface area contributed by atoms with E-state index in [4.69, 9.17) is 11.6 Å². The third-order valence-corrected chi connectivity index (χ3v) is 5.39. The van der Waals surface area contributed by atoms with E-state index in [1.807, 2.05) is 0 Å². The van der Waals surface area contributed by atoms with Gasteiger partial charge in [-0.1, -0.05) is 11.6 Å². The van der Waals surface area contributed by atoms with Gasteiger partial charge in [-0.15, -0.1) is 0 Å². The van der Waals surface area contributed by atoms with E-state index in [1.165, 1.54) is 18.5 Å². The van der Waals surface area contributed by atoms with Crippen LogP contribution in [-0.2, 0) is 0 Å².